The van der Waals surface area contributed by atoms with Crippen LogP contribution in [-0.4, -0.2) is 18.3 Å². The summed E-state index contributed by atoms with van der Waals surface area (Å²) in [6.45, 7) is 1.84. The fourth-order valence-electron chi connectivity index (χ4n) is 1.02. The van der Waals surface area contributed by atoms with E-state index >= 15 is 0 Å². The topological polar surface area (TPSA) is 45.4 Å². The van der Waals surface area contributed by atoms with Gasteiger partial charge in [0.2, 0.25) is 0 Å². The van der Waals surface area contributed by atoms with E-state index < -0.39 is 0 Å². The molecule has 1 aromatic rings. The maximum Gasteiger partial charge on any atom is 0.193 e. The molecule has 0 aromatic carbocycles. The van der Waals surface area contributed by atoms with Crippen molar-refractivity contribution in [2.45, 2.75) is 19.4 Å². The minimum atomic E-state index is 0.258. The number of halogens is 1. The smallest absolute Gasteiger partial charge is 0.193 e. The monoisotopic (exact) mass is 203 g/mol. The lowest BCUT2D eigenvalue weighted by Crippen LogP contribution is -2.14. The molecule has 0 bridgehead atoms. The molecule has 0 radical (unpaired) electrons. The highest BCUT2D eigenvalue weighted by atomic mass is 35.5. The molecule has 0 atom stereocenters. The molecule has 0 amide bonds. The summed E-state index contributed by atoms with van der Waals surface area (Å²) in [5, 5.41) is 12.1. The zero-order chi connectivity index (χ0) is 9.52. The Morgan fingerprint density at radius 3 is 2.85 bits per heavy atom. The predicted molar refractivity (Wildman–Crippen MR) is 51.7 cm³/mol. The van der Waals surface area contributed by atoms with Crippen molar-refractivity contribution in [3.05, 3.63) is 23.1 Å². The molecule has 0 fully saturated rings. The van der Waals surface area contributed by atoms with E-state index in [9.17, 15) is 0 Å². The van der Waals surface area contributed by atoms with Gasteiger partial charge < -0.3 is 14.8 Å². The van der Waals surface area contributed by atoms with E-state index in [2.05, 4.69) is 5.32 Å². The molecule has 0 aliphatic carbocycles. The van der Waals surface area contributed by atoms with Crippen molar-refractivity contribution in [2.24, 2.45) is 0 Å². The van der Waals surface area contributed by atoms with Crippen LogP contribution in [-0.2, 0) is 6.54 Å². The van der Waals surface area contributed by atoms with Crippen LogP contribution in [0.5, 0.6) is 0 Å². The van der Waals surface area contributed by atoms with Gasteiger partial charge in [0.1, 0.15) is 5.76 Å². The molecule has 13 heavy (non-hydrogen) atoms. The van der Waals surface area contributed by atoms with Crippen molar-refractivity contribution in [1.29, 1.82) is 0 Å². The van der Waals surface area contributed by atoms with Crippen LogP contribution in [0, 0.1) is 0 Å². The Morgan fingerprint density at radius 1 is 1.38 bits per heavy atom. The quantitative estimate of drug-likeness (QED) is 0.693. The third kappa shape index (κ3) is 4.31. The standard InChI is InChI=1S/C9H14ClNO2/c10-9-4-3-8(13-9)7-11-5-1-2-6-12/h3-4,11-12H,1-2,5-7H2. The molecule has 74 valence electrons. The van der Waals surface area contributed by atoms with Gasteiger partial charge in [-0.25, -0.2) is 0 Å². The molecular weight excluding hydrogens is 190 g/mol. The van der Waals surface area contributed by atoms with E-state index in [1.807, 2.05) is 6.07 Å². The second-order valence-electron chi connectivity index (χ2n) is 2.81. The van der Waals surface area contributed by atoms with E-state index in [0.29, 0.717) is 11.8 Å². The zero-order valence-electron chi connectivity index (χ0n) is 7.42. The lowest BCUT2D eigenvalue weighted by molar-refractivity contribution is 0.283. The molecule has 1 heterocycles. The number of hydrogen-bond acceptors (Lipinski definition) is 3. The second kappa shape index (κ2) is 6.02. The Bertz CT molecular complexity index is 237. The largest absolute Gasteiger partial charge is 0.448 e. The molecule has 0 saturated heterocycles. The summed E-state index contributed by atoms with van der Waals surface area (Å²) in [5.74, 6) is 0.842. The number of unbranched alkanes of at least 4 members (excludes halogenated alkanes) is 1. The second-order valence-corrected chi connectivity index (χ2v) is 3.19. The van der Waals surface area contributed by atoms with Crippen LogP contribution in [0.1, 0.15) is 18.6 Å². The van der Waals surface area contributed by atoms with E-state index in [1.165, 1.54) is 0 Å². The summed E-state index contributed by atoms with van der Waals surface area (Å²) in [4.78, 5) is 0. The van der Waals surface area contributed by atoms with Crippen molar-refractivity contribution >= 4 is 11.6 Å². The average Bonchev–Trinajstić information content (AvgIpc) is 2.51. The summed E-state index contributed by atoms with van der Waals surface area (Å²) >= 11 is 5.60. The van der Waals surface area contributed by atoms with Crippen LogP contribution in [0.25, 0.3) is 0 Å². The van der Waals surface area contributed by atoms with Crippen LogP contribution in [0.2, 0.25) is 5.22 Å². The molecule has 0 aliphatic rings. The first kappa shape index (κ1) is 10.6. The van der Waals surface area contributed by atoms with Gasteiger partial charge >= 0.3 is 0 Å². The zero-order valence-corrected chi connectivity index (χ0v) is 8.18. The highest BCUT2D eigenvalue weighted by Gasteiger charge is 1.97. The molecule has 3 nitrogen and oxygen atoms in total. The first-order valence-electron chi connectivity index (χ1n) is 4.38. The average molecular weight is 204 g/mol. The van der Waals surface area contributed by atoms with Gasteiger partial charge in [0.25, 0.3) is 0 Å². The van der Waals surface area contributed by atoms with E-state index in [-0.39, 0.29) is 6.61 Å². The number of hydrogen-bond donors (Lipinski definition) is 2. The van der Waals surface area contributed by atoms with Crippen molar-refractivity contribution in [2.75, 3.05) is 13.2 Å². The summed E-state index contributed by atoms with van der Waals surface area (Å²) in [6, 6.07) is 3.58. The summed E-state index contributed by atoms with van der Waals surface area (Å²) in [7, 11) is 0. The molecule has 0 spiro atoms. The highest BCUT2D eigenvalue weighted by molar-refractivity contribution is 6.28. The SMILES string of the molecule is OCCCCNCc1ccc(Cl)o1. The summed E-state index contributed by atoms with van der Waals surface area (Å²) < 4.78 is 5.14. The van der Waals surface area contributed by atoms with Gasteiger partial charge in [-0.1, -0.05) is 0 Å². The van der Waals surface area contributed by atoms with E-state index in [0.717, 1.165) is 25.1 Å². The molecule has 1 aromatic heterocycles. The Morgan fingerprint density at radius 2 is 2.23 bits per heavy atom. The van der Waals surface area contributed by atoms with Crippen molar-refractivity contribution in [3.63, 3.8) is 0 Å². The van der Waals surface area contributed by atoms with E-state index in [1.54, 1.807) is 6.07 Å². The molecule has 4 heteroatoms. The Hall–Kier alpha value is -0.510. The lowest BCUT2D eigenvalue weighted by atomic mass is 10.3. The van der Waals surface area contributed by atoms with Crippen LogP contribution in [0.4, 0.5) is 0 Å². The molecule has 1 rings (SSSR count). The van der Waals surface area contributed by atoms with Gasteiger partial charge in [0.05, 0.1) is 6.54 Å². The first-order valence-corrected chi connectivity index (χ1v) is 4.76. The first-order chi connectivity index (χ1) is 6.33. The number of aliphatic hydroxyl groups excluding tert-OH is 1. The minimum Gasteiger partial charge on any atom is -0.448 e. The van der Waals surface area contributed by atoms with Crippen molar-refractivity contribution in [1.82, 2.24) is 5.32 Å². The van der Waals surface area contributed by atoms with Gasteiger partial charge in [-0.15, -0.1) is 0 Å². The van der Waals surface area contributed by atoms with Gasteiger partial charge in [-0.2, -0.15) is 0 Å². The van der Waals surface area contributed by atoms with E-state index in [4.69, 9.17) is 21.1 Å². The minimum absolute atomic E-state index is 0.258. The van der Waals surface area contributed by atoms with Crippen molar-refractivity contribution < 1.29 is 9.52 Å². The fraction of sp³-hybridized carbons (Fsp3) is 0.556. The van der Waals surface area contributed by atoms with Crippen LogP contribution in [0.3, 0.4) is 0 Å². The molecule has 0 aliphatic heterocycles. The summed E-state index contributed by atoms with van der Waals surface area (Å²) in [5.41, 5.74) is 0. The Labute approximate surface area is 82.7 Å². The third-order valence-electron chi connectivity index (χ3n) is 1.69. The Kier molecular flexibility index (Phi) is 4.90. The number of rotatable bonds is 6. The molecule has 2 N–H and O–H groups in total. The van der Waals surface area contributed by atoms with Crippen LogP contribution in [0.15, 0.2) is 16.5 Å². The number of aliphatic hydroxyl groups is 1. The molecule has 0 unspecified atom stereocenters. The highest BCUT2D eigenvalue weighted by Crippen LogP contribution is 2.12. The van der Waals surface area contributed by atoms with Gasteiger partial charge in [-0.3, -0.25) is 0 Å². The summed E-state index contributed by atoms with van der Waals surface area (Å²) in [6.07, 6.45) is 1.82. The number of furan rings is 1. The Balaban J connectivity index is 2.06. The lowest BCUT2D eigenvalue weighted by Gasteiger charge is -2.00. The maximum absolute atomic E-state index is 8.52. The molecule has 0 saturated carbocycles. The number of nitrogens with one attached hydrogen (secondary N) is 1. The van der Waals surface area contributed by atoms with Gasteiger partial charge in [0, 0.05) is 6.61 Å². The maximum atomic E-state index is 8.52. The van der Waals surface area contributed by atoms with Crippen LogP contribution >= 0.6 is 11.6 Å². The van der Waals surface area contributed by atoms with Gasteiger partial charge in [0.15, 0.2) is 5.22 Å². The van der Waals surface area contributed by atoms with Crippen LogP contribution < -0.4 is 5.32 Å². The fourth-order valence-corrected chi connectivity index (χ4v) is 1.18. The predicted octanol–water partition coefficient (Wildman–Crippen LogP) is 1.80. The van der Waals surface area contributed by atoms with Crippen molar-refractivity contribution in [3.8, 4) is 0 Å². The third-order valence-corrected chi connectivity index (χ3v) is 1.89. The molecular formula is C9H14ClNO2. The van der Waals surface area contributed by atoms with Gasteiger partial charge in [-0.05, 0) is 43.1 Å². The normalized spacial score (nSPS) is 10.6.